The predicted molar refractivity (Wildman–Crippen MR) is 46.1 cm³/mol. The SMILES string of the molecule is COc1ccc(CC[NH+](O)O)cc1. The lowest BCUT2D eigenvalue weighted by molar-refractivity contribution is -1.24. The van der Waals surface area contributed by atoms with Crippen LogP contribution < -0.4 is 9.96 Å². The van der Waals surface area contributed by atoms with E-state index in [1.54, 1.807) is 7.11 Å². The Morgan fingerprint density at radius 1 is 1.23 bits per heavy atom. The highest BCUT2D eigenvalue weighted by atomic mass is 16.8. The second-order valence-electron chi connectivity index (χ2n) is 2.76. The minimum atomic E-state index is -0.518. The summed E-state index contributed by atoms with van der Waals surface area (Å²) in [6.45, 7) is 0.284. The first-order valence-electron chi connectivity index (χ1n) is 4.09. The number of methoxy groups -OCH3 is 1. The fraction of sp³-hybridized carbons (Fsp3) is 0.333. The average Bonchev–Trinajstić information content (AvgIpc) is 2.15. The minimum Gasteiger partial charge on any atom is -0.497 e. The van der Waals surface area contributed by atoms with Crippen molar-refractivity contribution in [3.05, 3.63) is 29.8 Å². The second-order valence-corrected chi connectivity index (χ2v) is 2.76. The molecule has 1 aromatic rings. The first kappa shape index (κ1) is 9.98. The van der Waals surface area contributed by atoms with Crippen LogP contribution in [-0.4, -0.2) is 24.1 Å². The molecular weight excluding hydrogens is 170 g/mol. The van der Waals surface area contributed by atoms with Gasteiger partial charge in [-0.3, -0.25) is 0 Å². The van der Waals surface area contributed by atoms with Crippen LogP contribution in [-0.2, 0) is 6.42 Å². The van der Waals surface area contributed by atoms with Gasteiger partial charge in [-0.05, 0) is 17.7 Å². The van der Waals surface area contributed by atoms with Crippen molar-refractivity contribution in [1.82, 2.24) is 0 Å². The maximum Gasteiger partial charge on any atom is 0.144 e. The molecule has 0 aliphatic heterocycles. The van der Waals surface area contributed by atoms with Crippen LogP contribution in [0.15, 0.2) is 24.3 Å². The number of nitrogens with one attached hydrogen (secondary N) is 1. The maximum atomic E-state index is 8.56. The summed E-state index contributed by atoms with van der Waals surface area (Å²) in [5.41, 5.74) is 1.06. The molecule has 0 aromatic heterocycles. The van der Waals surface area contributed by atoms with Crippen LogP contribution >= 0.6 is 0 Å². The van der Waals surface area contributed by atoms with Crippen molar-refractivity contribution in [3.8, 4) is 5.75 Å². The van der Waals surface area contributed by atoms with Crippen LogP contribution in [0.5, 0.6) is 5.75 Å². The molecule has 0 bridgehead atoms. The van der Waals surface area contributed by atoms with E-state index in [4.69, 9.17) is 15.2 Å². The molecule has 0 saturated carbocycles. The van der Waals surface area contributed by atoms with Crippen molar-refractivity contribution in [2.75, 3.05) is 13.7 Å². The number of hydrogen-bond donors (Lipinski definition) is 3. The number of ether oxygens (including phenoxy) is 1. The molecule has 0 unspecified atom stereocenters. The average molecular weight is 184 g/mol. The molecule has 13 heavy (non-hydrogen) atoms. The molecule has 0 saturated heterocycles. The van der Waals surface area contributed by atoms with Gasteiger partial charge in [0, 0.05) is 6.42 Å². The smallest absolute Gasteiger partial charge is 0.144 e. The Morgan fingerprint density at radius 3 is 2.31 bits per heavy atom. The summed E-state index contributed by atoms with van der Waals surface area (Å²) in [5, 5.41) is 16.6. The third-order valence-corrected chi connectivity index (χ3v) is 1.80. The third-order valence-electron chi connectivity index (χ3n) is 1.80. The Morgan fingerprint density at radius 2 is 1.85 bits per heavy atom. The number of hydrogen-bond acceptors (Lipinski definition) is 3. The molecule has 0 amide bonds. The maximum absolute atomic E-state index is 8.56. The first-order valence-corrected chi connectivity index (χ1v) is 4.09. The molecule has 0 atom stereocenters. The molecule has 3 N–H and O–H groups in total. The van der Waals surface area contributed by atoms with E-state index >= 15 is 0 Å². The van der Waals surface area contributed by atoms with Gasteiger partial charge in [-0.2, -0.15) is 10.4 Å². The highest BCUT2D eigenvalue weighted by molar-refractivity contribution is 5.27. The molecule has 0 radical (unpaired) electrons. The van der Waals surface area contributed by atoms with E-state index in [0.29, 0.717) is 6.42 Å². The summed E-state index contributed by atoms with van der Waals surface area (Å²) in [6.07, 6.45) is 0.631. The Labute approximate surface area is 76.9 Å². The van der Waals surface area contributed by atoms with Crippen LogP contribution in [0.1, 0.15) is 5.56 Å². The highest BCUT2D eigenvalue weighted by Gasteiger charge is 2.00. The number of quaternary nitrogens is 1. The van der Waals surface area contributed by atoms with Crippen molar-refractivity contribution in [3.63, 3.8) is 0 Å². The number of benzene rings is 1. The molecule has 72 valence electrons. The van der Waals surface area contributed by atoms with E-state index < -0.39 is 5.23 Å². The molecule has 0 aliphatic carbocycles. The normalized spacial score (nSPS) is 10.5. The van der Waals surface area contributed by atoms with Gasteiger partial charge in [0.1, 0.15) is 12.3 Å². The fourth-order valence-corrected chi connectivity index (χ4v) is 1.05. The lowest BCUT2D eigenvalue weighted by Gasteiger charge is -2.03. The molecule has 1 rings (SSSR count). The van der Waals surface area contributed by atoms with Crippen molar-refractivity contribution in [2.45, 2.75) is 6.42 Å². The monoisotopic (exact) mass is 184 g/mol. The Kier molecular flexibility index (Phi) is 3.70. The Balaban J connectivity index is 2.49. The van der Waals surface area contributed by atoms with Crippen LogP contribution in [0, 0.1) is 0 Å². The molecule has 4 nitrogen and oxygen atoms in total. The lowest BCUT2D eigenvalue weighted by atomic mass is 10.1. The van der Waals surface area contributed by atoms with E-state index in [1.807, 2.05) is 24.3 Å². The van der Waals surface area contributed by atoms with E-state index in [-0.39, 0.29) is 6.54 Å². The van der Waals surface area contributed by atoms with E-state index in [2.05, 4.69) is 0 Å². The molecular formula is C9H14NO3+. The summed E-state index contributed by atoms with van der Waals surface area (Å²) >= 11 is 0. The van der Waals surface area contributed by atoms with Crippen molar-refractivity contribution < 1.29 is 20.4 Å². The van der Waals surface area contributed by atoms with Gasteiger partial charge < -0.3 is 4.74 Å². The van der Waals surface area contributed by atoms with Gasteiger partial charge in [-0.25, -0.2) is 0 Å². The van der Waals surface area contributed by atoms with Gasteiger partial charge in [0.2, 0.25) is 0 Å². The Hall–Kier alpha value is -1.10. The summed E-state index contributed by atoms with van der Waals surface area (Å²) in [5.74, 6) is 0.806. The van der Waals surface area contributed by atoms with Crippen molar-refractivity contribution in [1.29, 1.82) is 0 Å². The zero-order valence-electron chi connectivity index (χ0n) is 7.53. The predicted octanol–water partition coefficient (Wildman–Crippen LogP) is -0.0990. The van der Waals surface area contributed by atoms with Gasteiger partial charge in [-0.1, -0.05) is 17.4 Å². The zero-order chi connectivity index (χ0) is 9.68. The third kappa shape index (κ3) is 3.42. The quantitative estimate of drug-likeness (QED) is 0.573. The standard InChI is InChI=1S/C9H13NO3/c1-13-9-4-2-8(3-5-9)6-7-10(11)12/h2-5,11-12H,6-7H2,1H3/p+1. The first-order chi connectivity index (χ1) is 6.22. The number of rotatable bonds is 4. The minimum absolute atomic E-state index is 0.284. The Bertz CT molecular complexity index is 246. The topological polar surface area (TPSA) is 54.1 Å². The van der Waals surface area contributed by atoms with Gasteiger partial charge in [-0.15, -0.1) is 0 Å². The van der Waals surface area contributed by atoms with Crippen LogP contribution in [0.3, 0.4) is 0 Å². The molecule has 0 heterocycles. The molecule has 0 aliphatic rings. The van der Waals surface area contributed by atoms with Gasteiger partial charge >= 0.3 is 0 Å². The summed E-state index contributed by atoms with van der Waals surface area (Å²) in [4.78, 5) is 0. The fourth-order valence-electron chi connectivity index (χ4n) is 1.05. The lowest BCUT2D eigenvalue weighted by Crippen LogP contribution is -3.07. The molecule has 0 fully saturated rings. The molecule has 1 aromatic carbocycles. The summed E-state index contributed by atoms with van der Waals surface area (Å²) in [6, 6.07) is 7.51. The van der Waals surface area contributed by atoms with Gasteiger partial charge in [0.15, 0.2) is 0 Å². The van der Waals surface area contributed by atoms with E-state index in [0.717, 1.165) is 11.3 Å². The van der Waals surface area contributed by atoms with Gasteiger partial charge in [0.25, 0.3) is 0 Å². The van der Waals surface area contributed by atoms with Crippen LogP contribution in [0.2, 0.25) is 0 Å². The summed E-state index contributed by atoms with van der Waals surface area (Å²) < 4.78 is 4.99. The molecule has 0 spiro atoms. The highest BCUT2D eigenvalue weighted by Crippen LogP contribution is 2.10. The number of hydroxylamine groups is 2. The zero-order valence-corrected chi connectivity index (χ0v) is 7.53. The largest absolute Gasteiger partial charge is 0.497 e. The van der Waals surface area contributed by atoms with Crippen molar-refractivity contribution in [2.24, 2.45) is 0 Å². The van der Waals surface area contributed by atoms with Crippen LogP contribution in [0.4, 0.5) is 0 Å². The van der Waals surface area contributed by atoms with Gasteiger partial charge in [0.05, 0.1) is 7.11 Å². The summed E-state index contributed by atoms with van der Waals surface area (Å²) in [7, 11) is 1.61. The van der Waals surface area contributed by atoms with Crippen molar-refractivity contribution >= 4 is 0 Å². The second kappa shape index (κ2) is 4.81. The molecule has 4 heteroatoms. The van der Waals surface area contributed by atoms with Crippen LogP contribution in [0.25, 0.3) is 0 Å². The van der Waals surface area contributed by atoms with E-state index in [1.165, 1.54) is 0 Å². The van der Waals surface area contributed by atoms with E-state index in [9.17, 15) is 0 Å².